The fraction of sp³-hybridized carbons (Fsp3) is 0.565. The molecule has 0 bridgehead atoms. The lowest BCUT2D eigenvalue weighted by atomic mass is 9.96. The second-order valence-electron chi connectivity index (χ2n) is 8.73. The predicted octanol–water partition coefficient (Wildman–Crippen LogP) is 2.40. The van der Waals surface area contributed by atoms with Gasteiger partial charge in [-0.2, -0.15) is 0 Å². The van der Waals surface area contributed by atoms with E-state index in [1.807, 2.05) is 42.2 Å². The molecule has 4 rings (SSSR count). The number of fused-ring (bicyclic) bond motifs is 1. The molecule has 0 spiro atoms. The van der Waals surface area contributed by atoms with Gasteiger partial charge in [0, 0.05) is 43.0 Å². The summed E-state index contributed by atoms with van der Waals surface area (Å²) in [6, 6.07) is 6.05. The Bertz CT molecular complexity index is 885. The van der Waals surface area contributed by atoms with Crippen molar-refractivity contribution in [1.29, 1.82) is 0 Å². The van der Waals surface area contributed by atoms with Gasteiger partial charge in [0.05, 0.1) is 18.8 Å². The van der Waals surface area contributed by atoms with Gasteiger partial charge in [-0.1, -0.05) is 6.07 Å². The molecule has 1 saturated heterocycles. The van der Waals surface area contributed by atoms with Crippen LogP contribution in [0.2, 0.25) is 0 Å². The number of aryl methyl sites for hydroxylation is 1. The number of carbonyl (C=O) groups excluding carboxylic acids is 1. The lowest BCUT2D eigenvalue weighted by molar-refractivity contribution is -0.133. The van der Waals surface area contributed by atoms with Crippen molar-refractivity contribution in [2.24, 2.45) is 0 Å². The SMILES string of the molecule is Cc1nc([C@@H]2CCCN(C(=O)CN(C)C)C2)nc2c1CCCN2Cc1ccccn1. The maximum absolute atomic E-state index is 12.6. The number of amides is 1. The smallest absolute Gasteiger partial charge is 0.236 e. The molecule has 160 valence electrons. The minimum Gasteiger partial charge on any atom is -0.350 e. The minimum absolute atomic E-state index is 0.191. The first-order chi connectivity index (χ1) is 14.5. The number of anilines is 1. The molecule has 7 heteroatoms. The van der Waals surface area contributed by atoms with E-state index < -0.39 is 0 Å². The van der Waals surface area contributed by atoms with Gasteiger partial charge in [0.25, 0.3) is 0 Å². The first kappa shape index (κ1) is 20.7. The van der Waals surface area contributed by atoms with Crippen LogP contribution in [0, 0.1) is 6.92 Å². The summed E-state index contributed by atoms with van der Waals surface area (Å²) in [4.78, 5) is 33.3. The first-order valence-electron chi connectivity index (χ1n) is 11.0. The van der Waals surface area contributed by atoms with E-state index in [2.05, 4.69) is 22.9 Å². The third-order valence-electron chi connectivity index (χ3n) is 6.03. The maximum atomic E-state index is 12.6. The quantitative estimate of drug-likeness (QED) is 0.757. The molecule has 30 heavy (non-hydrogen) atoms. The highest BCUT2D eigenvalue weighted by Crippen LogP contribution is 2.32. The van der Waals surface area contributed by atoms with Crippen LogP contribution in [0.5, 0.6) is 0 Å². The van der Waals surface area contributed by atoms with Crippen LogP contribution in [0.3, 0.4) is 0 Å². The van der Waals surface area contributed by atoms with Crippen LogP contribution in [0.25, 0.3) is 0 Å². The highest BCUT2D eigenvalue weighted by Gasteiger charge is 2.29. The summed E-state index contributed by atoms with van der Waals surface area (Å²) in [6.07, 6.45) is 6.02. The minimum atomic E-state index is 0.191. The van der Waals surface area contributed by atoms with Crippen molar-refractivity contribution in [1.82, 2.24) is 24.8 Å². The topological polar surface area (TPSA) is 65.5 Å². The van der Waals surface area contributed by atoms with Gasteiger partial charge >= 0.3 is 0 Å². The molecule has 0 saturated carbocycles. The third kappa shape index (κ3) is 4.61. The summed E-state index contributed by atoms with van der Waals surface area (Å²) >= 11 is 0. The molecule has 1 amide bonds. The van der Waals surface area contributed by atoms with E-state index in [-0.39, 0.29) is 11.8 Å². The Hall–Kier alpha value is -2.54. The Balaban J connectivity index is 1.57. The van der Waals surface area contributed by atoms with Gasteiger partial charge in [-0.15, -0.1) is 0 Å². The lowest BCUT2D eigenvalue weighted by Gasteiger charge is -2.35. The Labute approximate surface area is 179 Å². The highest BCUT2D eigenvalue weighted by atomic mass is 16.2. The van der Waals surface area contributed by atoms with Crippen LogP contribution < -0.4 is 4.90 Å². The fourth-order valence-corrected chi connectivity index (χ4v) is 4.52. The number of hydrogen-bond donors (Lipinski definition) is 0. The van der Waals surface area contributed by atoms with E-state index in [1.165, 1.54) is 5.56 Å². The molecule has 1 fully saturated rings. The highest BCUT2D eigenvalue weighted by molar-refractivity contribution is 5.78. The van der Waals surface area contributed by atoms with E-state index >= 15 is 0 Å². The average Bonchev–Trinajstić information content (AvgIpc) is 2.74. The van der Waals surface area contributed by atoms with Gasteiger partial charge in [0.2, 0.25) is 5.91 Å². The van der Waals surface area contributed by atoms with E-state index in [0.717, 1.165) is 68.3 Å². The second-order valence-corrected chi connectivity index (χ2v) is 8.73. The molecule has 0 N–H and O–H groups in total. The van der Waals surface area contributed by atoms with Gasteiger partial charge in [-0.05, 0) is 58.8 Å². The van der Waals surface area contributed by atoms with Crippen molar-refractivity contribution < 1.29 is 4.79 Å². The van der Waals surface area contributed by atoms with Crippen LogP contribution >= 0.6 is 0 Å². The molecule has 1 atom stereocenters. The molecule has 0 unspecified atom stereocenters. The number of likely N-dealkylation sites (N-methyl/N-ethyl adjacent to an activating group) is 1. The molecule has 2 aliphatic rings. The number of hydrogen-bond acceptors (Lipinski definition) is 6. The molecule has 4 heterocycles. The van der Waals surface area contributed by atoms with Crippen LogP contribution in [-0.4, -0.2) is 70.9 Å². The normalized spacial score (nSPS) is 19.1. The molecular weight excluding hydrogens is 376 g/mol. The second kappa shape index (κ2) is 9.08. The van der Waals surface area contributed by atoms with Crippen LogP contribution in [0.15, 0.2) is 24.4 Å². The third-order valence-corrected chi connectivity index (χ3v) is 6.03. The zero-order valence-electron chi connectivity index (χ0n) is 18.3. The largest absolute Gasteiger partial charge is 0.350 e. The predicted molar refractivity (Wildman–Crippen MR) is 117 cm³/mol. The van der Waals surface area contributed by atoms with E-state index in [1.54, 1.807) is 0 Å². The number of piperidine rings is 1. The summed E-state index contributed by atoms with van der Waals surface area (Å²) in [5.41, 5.74) is 3.40. The van der Waals surface area contributed by atoms with Crippen LogP contribution in [0.4, 0.5) is 5.82 Å². The number of carbonyl (C=O) groups is 1. The molecule has 0 radical (unpaired) electrons. The van der Waals surface area contributed by atoms with Crippen molar-refractivity contribution in [2.45, 2.75) is 45.1 Å². The van der Waals surface area contributed by atoms with Crippen molar-refractivity contribution in [3.8, 4) is 0 Å². The molecule has 7 nitrogen and oxygen atoms in total. The fourth-order valence-electron chi connectivity index (χ4n) is 4.52. The molecule has 2 aliphatic heterocycles. The van der Waals surface area contributed by atoms with E-state index in [0.29, 0.717) is 13.1 Å². The monoisotopic (exact) mass is 408 g/mol. The Morgan fingerprint density at radius 2 is 2.07 bits per heavy atom. The first-order valence-corrected chi connectivity index (χ1v) is 11.0. The van der Waals surface area contributed by atoms with Crippen LogP contribution in [0.1, 0.15) is 48.0 Å². The average molecular weight is 409 g/mol. The van der Waals surface area contributed by atoms with Gasteiger partial charge in [-0.3, -0.25) is 9.78 Å². The van der Waals surface area contributed by atoms with Gasteiger partial charge < -0.3 is 14.7 Å². The Kier molecular flexibility index (Phi) is 6.27. The number of likely N-dealkylation sites (tertiary alicyclic amines) is 1. The Morgan fingerprint density at radius 1 is 1.20 bits per heavy atom. The zero-order chi connectivity index (χ0) is 21.1. The van der Waals surface area contributed by atoms with E-state index in [9.17, 15) is 4.79 Å². The van der Waals surface area contributed by atoms with Gasteiger partial charge in [-0.25, -0.2) is 9.97 Å². The van der Waals surface area contributed by atoms with Crippen LogP contribution in [-0.2, 0) is 17.8 Å². The Morgan fingerprint density at radius 3 is 2.83 bits per heavy atom. The van der Waals surface area contributed by atoms with Gasteiger partial charge in [0.1, 0.15) is 11.6 Å². The van der Waals surface area contributed by atoms with Crippen molar-refractivity contribution in [2.75, 3.05) is 45.2 Å². The lowest BCUT2D eigenvalue weighted by Crippen LogP contribution is -2.43. The summed E-state index contributed by atoms with van der Waals surface area (Å²) in [6.45, 7) is 5.85. The zero-order valence-corrected chi connectivity index (χ0v) is 18.3. The number of aromatic nitrogens is 3. The number of pyridine rings is 1. The number of nitrogens with zero attached hydrogens (tertiary/aromatic N) is 6. The van der Waals surface area contributed by atoms with Gasteiger partial charge in [0.15, 0.2) is 0 Å². The standard InChI is InChI=1S/C23H32N6O/c1-17-20-10-7-13-29(15-19-9-4-5-11-24-19)23(20)26-22(25-17)18-8-6-12-28(14-18)21(30)16-27(2)3/h4-5,9,11,18H,6-8,10,12-16H2,1-3H3/t18-/m1/s1. The summed E-state index contributed by atoms with van der Waals surface area (Å²) in [7, 11) is 3.87. The molecule has 2 aromatic heterocycles. The number of rotatable bonds is 5. The van der Waals surface area contributed by atoms with Crippen molar-refractivity contribution in [3.63, 3.8) is 0 Å². The molecular formula is C23H32N6O. The molecule has 0 aliphatic carbocycles. The summed E-state index contributed by atoms with van der Waals surface area (Å²) in [5, 5.41) is 0. The van der Waals surface area contributed by atoms with Crippen molar-refractivity contribution in [3.05, 3.63) is 47.2 Å². The maximum Gasteiger partial charge on any atom is 0.236 e. The summed E-state index contributed by atoms with van der Waals surface area (Å²) in [5.74, 6) is 2.34. The summed E-state index contributed by atoms with van der Waals surface area (Å²) < 4.78 is 0. The van der Waals surface area contributed by atoms with Crippen molar-refractivity contribution >= 4 is 11.7 Å². The molecule has 0 aromatic carbocycles. The van der Waals surface area contributed by atoms with E-state index in [4.69, 9.17) is 9.97 Å². The molecule has 2 aromatic rings.